The summed E-state index contributed by atoms with van der Waals surface area (Å²) >= 11 is 0. The van der Waals surface area contributed by atoms with Crippen molar-refractivity contribution in [1.29, 1.82) is 0 Å². The average Bonchev–Trinajstić information content (AvgIpc) is 3.07. The molecule has 49 heavy (non-hydrogen) atoms. The highest BCUT2D eigenvalue weighted by Crippen LogP contribution is 2.34. The Balaban J connectivity index is 1.53. The van der Waals surface area contributed by atoms with Crippen molar-refractivity contribution in [3.63, 3.8) is 0 Å². The molecule has 3 aromatic rings. The molecule has 1 aromatic heterocycles. The van der Waals surface area contributed by atoms with E-state index in [-0.39, 0.29) is 61.4 Å². The van der Waals surface area contributed by atoms with Crippen LogP contribution in [-0.4, -0.2) is 71.3 Å². The summed E-state index contributed by atoms with van der Waals surface area (Å²) in [6, 6.07) is 8.03. The molecule has 1 atom stereocenters. The van der Waals surface area contributed by atoms with Crippen LogP contribution in [0.3, 0.4) is 0 Å². The topological polar surface area (TPSA) is 172 Å². The molecule has 0 radical (unpaired) electrons. The monoisotopic (exact) mass is 678 g/mol. The summed E-state index contributed by atoms with van der Waals surface area (Å²) in [5.41, 5.74) is 2.30. The normalized spacial score (nSPS) is 16.6. The Morgan fingerprint density at radius 2 is 1.82 bits per heavy atom. The van der Waals surface area contributed by atoms with Crippen LogP contribution in [0, 0.1) is 19.7 Å². The first kappa shape index (κ1) is 36.6. The minimum Gasteiger partial charge on any atom is -0.493 e. The summed E-state index contributed by atoms with van der Waals surface area (Å²) in [5, 5.41) is 8.33. The van der Waals surface area contributed by atoms with Crippen molar-refractivity contribution in [2.24, 2.45) is 0 Å². The van der Waals surface area contributed by atoms with E-state index in [0.717, 1.165) is 5.56 Å². The first-order valence-corrected chi connectivity index (χ1v) is 16.3. The lowest BCUT2D eigenvalue weighted by atomic mass is 10.1. The number of carbonyl (C=O) groups excluding carboxylic acids is 4. The van der Waals surface area contributed by atoms with E-state index in [1.54, 1.807) is 43.9 Å². The van der Waals surface area contributed by atoms with E-state index in [1.807, 2.05) is 0 Å². The lowest BCUT2D eigenvalue weighted by Gasteiger charge is -2.23. The molecule has 0 unspecified atom stereocenters. The molecule has 13 nitrogen and oxygen atoms in total. The van der Waals surface area contributed by atoms with Crippen LogP contribution in [0.15, 0.2) is 41.2 Å². The lowest BCUT2D eigenvalue weighted by Crippen LogP contribution is -2.46. The summed E-state index contributed by atoms with van der Waals surface area (Å²) in [7, 11) is 1.43. The van der Waals surface area contributed by atoms with Gasteiger partial charge in [0.15, 0.2) is 23.1 Å². The average molecular weight is 679 g/mol. The lowest BCUT2D eigenvalue weighted by molar-refractivity contribution is -0.132. The number of hydrogen-bond donors (Lipinski definition) is 4. The molecule has 0 spiro atoms. The molecule has 2 aromatic carbocycles. The Morgan fingerprint density at radius 1 is 1.04 bits per heavy atom. The van der Waals surface area contributed by atoms with Gasteiger partial charge >= 0.3 is 5.69 Å². The molecule has 2 aliphatic heterocycles. The van der Waals surface area contributed by atoms with E-state index in [2.05, 4.69) is 25.9 Å². The molecule has 14 heteroatoms. The van der Waals surface area contributed by atoms with Gasteiger partial charge in [-0.05, 0) is 81.0 Å². The summed E-state index contributed by atoms with van der Waals surface area (Å²) in [6.45, 7) is 6.12. The summed E-state index contributed by atoms with van der Waals surface area (Å²) in [4.78, 5) is 72.1. The van der Waals surface area contributed by atoms with Gasteiger partial charge in [-0.2, -0.15) is 4.98 Å². The zero-order valence-electron chi connectivity index (χ0n) is 28.2. The van der Waals surface area contributed by atoms with E-state index < -0.39 is 29.4 Å². The third-order valence-corrected chi connectivity index (χ3v) is 8.29. The molecule has 262 valence electrons. The largest absolute Gasteiger partial charge is 0.493 e. The van der Waals surface area contributed by atoms with Crippen LogP contribution in [0.1, 0.15) is 71.9 Å². The number of hydrogen-bond acceptors (Lipinski definition) is 8. The third-order valence-electron chi connectivity index (χ3n) is 8.29. The maximum Gasteiger partial charge on any atom is 0.345 e. The first-order chi connectivity index (χ1) is 23.5. The molecule has 4 N–H and O–H groups in total. The fourth-order valence-electron chi connectivity index (χ4n) is 5.56. The molecule has 0 saturated carbocycles. The zero-order valence-corrected chi connectivity index (χ0v) is 28.2. The van der Waals surface area contributed by atoms with Crippen LogP contribution in [0.2, 0.25) is 0 Å². The van der Waals surface area contributed by atoms with E-state index in [0.29, 0.717) is 54.9 Å². The van der Waals surface area contributed by atoms with Crippen LogP contribution in [0.5, 0.6) is 17.2 Å². The van der Waals surface area contributed by atoms with Crippen molar-refractivity contribution in [1.82, 2.24) is 30.8 Å². The van der Waals surface area contributed by atoms with Crippen LogP contribution >= 0.6 is 0 Å². The number of benzene rings is 2. The van der Waals surface area contributed by atoms with Gasteiger partial charge in [0.05, 0.1) is 7.11 Å². The Labute approximate surface area is 284 Å². The predicted octanol–water partition coefficient (Wildman–Crippen LogP) is 3.21. The Hall–Kier alpha value is -5.27. The third kappa shape index (κ3) is 10.1. The first-order valence-electron chi connectivity index (χ1n) is 16.3. The van der Waals surface area contributed by atoms with Gasteiger partial charge in [0.25, 0.3) is 5.91 Å². The van der Waals surface area contributed by atoms with Gasteiger partial charge in [-0.15, -0.1) is 0 Å². The van der Waals surface area contributed by atoms with E-state index in [1.165, 1.54) is 25.3 Å². The van der Waals surface area contributed by atoms with Crippen molar-refractivity contribution in [3.05, 3.63) is 80.8 Å². The fourth-order valence-corrected chi connectivity index (χ4v) is 5.56. The molecule has 5 rings (SSSR count). The molecule has 0 aliphatic carbocycles. The number of H-pyrrole nitrogens is 1. The summed E-state index contributed by atoms with van der Waals surface area (Å²) in [5.74, 6) is -1.64. The minimum atomic E-state index is -0.792. The number of aromatic amines is 1. The van der Waals surface area contributed by atoms with Gasteiger partial charge in [0.1, 0.15) is 6.04 Å². The van der Waals surface area contributed by atoms with Crippen molar-refractivity contribution in [2.45, 2.75) is 71.9 Å². The van der Waals surface area contributed by atoms with E-state index in [9.17, 15) is 24.0 Å². The zero-order chi connectivity index (χ0) is 35.5. The molecule has 2 aliphatic rings. The Bertz CT molecular complexity index is 1720. The number of aryl methyl sites for hydroxylation is 2. The Kier molecular flexibility index (Phi) is 12.9. The van der Waals surface area contributed by atoms with Crippen LogP contribution in [0.25, 0.3) is 0 Å². The maximum atomic E-state index is 15.1. The number of aromatic nitrogens is 2. The van der Waals surface area contributed by atoms with Crippen LogP contribution in [-0.2, 0) is 27.3 Å². The number of rotatable bonds is 5. The standard InChI is InChI=1S/C35H43FN6O7/c1-5-27-34(46)38-20-23-9-12-28(26(36)18-23)49-30-19-24(10-13-29(30)48-4)33(45)37-15-7-17-42(16-6-8-31(43)41-27)32(44)14-11-25-21(2)39-35(47)40-22(25)3/h9-10,12-13,18-19,27H,5-8,11,14-17,20H2,1-4H3,(H,37,45)(H,38,46)(H,41,43)(H,39,40,47)/t27-/m0/s1. The second-order valence-corrected chi connectivity index (χ2v) is 11.8. The van der Waals surface area contributed by atoms with Gasteiger partial charge in [-0.25, -0.2) is 9.18 Å². The SMILES string of the molecule is CC[C@@H]1NC(=O)CCCN(C(=O)CCc2c(C)nc(=O)[nH]c2C)CCCNC(=O)c2ccc(OC)c(c2)Oc2ccc(cc2F)CNC1=O. The number of fused-ring (bicyclic) bond motifs is 16. The highest BCUT2D eigenvalue weighted by Gasteiger charge is 2.21. The van der Waals surface area contributed by atoms with E-state index >= 15 is 4.39 Å². The molecular formula is C35H43FN6O7. The van der Waals surface area contributed by atoms with Crippen LogP contribution < -0.4 is 31.1 Å². The number of amides is 4. The number of halogens is 1. The maximum absolute atomic E-state index is 15.1. The number of nitrogens with zero attached hydrogens (tertiary/aromatic N) is 2. The van der Waals surface area contributed by atoms with Gasteiger partial charge in [0, 0.05) is 56.0 Å². The second-order valence-electron chi connectivity index (χ2n) is 11.8. The molecule has 0 saturated heterocycles. The van der Waals surface area contributed by atoms with Crippen LogP contribution in [0.4, 0.5) is 4.39 Å². The molecular weight excluding hydrogens is 635 g/mol. The highest BCUT2D eigenvalue weighted by atomic mass is 19.1. The molecule has 4 amide bonds. The predicted molar refractivity (Wildman–Crippen MR) is 179 cm³/mol. The molecule has 0 fully saturated rings. The van der Waals surface area contributed by atoms with Gasteiger partial charge in [-0.1, -0.05) is 13.0 Å². The highest BCUT2D eigenvalue weighted by molar-refractivity contribution is 5.95. The fraction of sp³-hybridized carbons (Fsp3) is 0.429. The van der Waals surface area contributed by atoms with Gasteiger partial charge < -0.3 is 35.3 Å². The van der Waals surface area contributed by atoms with Crippen molar-refractivity contribution in [2.75, 3.05) is 26.7 Å². The summed E-state index contributed by atoms with van der Waals surface area (Å²) in [6.07, 6.45) is 1.73. The number of ether oxygens (including phenoxy) is 2. The van der Waals surface area contributed by atoms with Gasteiger partial charge in [0.2, 0.25) is 17.7 Å². The summed E-state index contributed by atoms with van der Waals surface area (Å²) < 4.78 is 26.2. The van der Waals surface area contributed by atoms with Crippen molar-refractivity contribution >= 4 is 23.6 Å². The molecule has 3 heterocycles. The minimum absolute atomic E-state index is 0.0205. The number of nitrogens with one attached hydrogen (secondary N) is 4. The van der Waals surface area contributed by atoms with Gasteiger partial charge in [-0.3, -0.25) is 19.2 Å². The quantitative estimate of drug-likeness (QED) is 0.319. The smallest absolute Gasteiger partial charge is 0.345 e. The van der Waals surface area contributed by atoms with Crippen molar-refractivity contribution in [3.8, 4) is 17.2 Å². The number of carbonyl (C=O) groups is 4. The molecule has 4 bridgehead atoms. The van der Waals surface area contributed by atoms with E-state index in [4.69, 9.17) is 9.47 Å². The van der Waals surface area contributed by atoms with Crippen molar-refractivity contribution < 1.29 is 33.0 Å². The second kappa shape index (κ2) is 17.2. The Morgan fingerprint density at radius 3 is 2.53 bits per heavy atom. The number of methoxy groups -OCH3 is 1.